The molecule has 1 N–H and O–H groups in total. The Morgan fingerprint density at radius 3 is 2.47 bits per heavy atom. The highest BCUT2D eigenvalue weighted by Crippen LogP contribution is 2.19. The number of rotatable bonds is 7. The molecule has 0 saturated carbocycles. The number of nitrogens with zero attached hydrogens (tertiary/aromatic N) is 1. The zero-order valence-electron chi connectivity index (χ0n) is 12.2. The van der Waals surface area contributed by atoms with Crippen LogP contribution in [0.3, 0.4) is 0 Å². The van der Waals surface area contributed by atoms with Gasteiger partial charge < -0.3 is 10.2 Å². The largest absolute Gasteiger partial charge is 0.369 e. The SMILES string of the molecule is Cc1cc(N(C)CC(F)F)ccc1CNCC(C)C. The van der Waals surface area contributed by atoms with Crippen LogP contribution in [0.15, 0.2) is 18.2 Å². The molecule has 1 rings (SSSR count). The first-order valence-electron chi connectivity index (χ1n) is 6.69. The van der Waals surface area contributed by atoms with E-state index in [4.69, 9.17) is 0 Å². The number of hydrogen-bond donors (Lipinski definition) is 1. The van der Waals surface area contributed by atoms with E-state index >= 15 is 0 Å². The van der Waals surface area contributed by atoms with Crippen LogP contribution in [0.25, 0.3) is 0 Å². The van der Waals surface area contributed by atoms with E-state index in [1.54, 1.807) is 11.9 Å². The van der Waals surface area contributed by atoms with Crippen molar-refractivity contribution in [2.75, 3.05) is 25.0 Å². The lowest BCUT2D eigenvalue weighted by molar-refractivity contribution is 0.156. The Balaban J connectivity index is 2.63. The molecule has 108 valence electrons. The molecule has 0 aromatic heterocycles. The first-order valence-corrected chi connectivity index (χ1v) is 6.69. The van der Waals surface area contributed by atoms with Crippen LogP contribution in [-0.4, -0.2) is 26.6 Å². The highest BCUT2D eigenvalue weighted by molar-refractivity contribution is 5.50. The highest BCUT2D eigenvalue weighted by Gasteiger charge is 2.09. The molecular weight excluding hydrogens is 246 g/mol. The summed E-state index contributed by atoms with van der Waals surface area (Å²) >= 11 is 0. The summed E-state index contributed by atoms with van der Waals surface area (Å²) in [5.74, 6) is 0.622. The molecule has 0 aliphatic heterocycles. The van der Waals surface area contributed by atoms with Crippen LogP contribution in [0.4, 0.5) is 14.5 Å². The highest BCUT2D eigenvalue weighted by atomic mass is 19.3. The Morgan fingerprint density at radius 1 is 1.26 bits per heavy atom. The van der Waals surface area contributed by atoms with Gasteiger partial charge >= 0.3 is 0 Å². The van der Waals surface area contributed by atoms with E-state index in [1.807, 2.05) is 25.1 Å². The van der Waals surface area contributed by atoms with Crippen LogP contribution in [0.5, 0.6) is 0 Å². The van der Waals surface area contributed by atoms with Gasteiger partial charge in [-0.15, -0.1) is 0 Å². The Labute approximate surface area is 114 Å². The predicted octanol–water partition coefficient (Wildman–Crippen LogP) is 3.44. The topological polar surface area (TPSA) is 15.3 Å². The van der Waals surface area contributed by atoms with Gasteiger partial charge in [0, 0.05) is 19.3 Å². The van der Waals surface area contributed by atoms with Gasteiger partial charge in [-0.3, -0.25) is 0 Å². The Hall–Kier alpha value is -1.16. The molecule has 0 amide bonds. The standard InChI is InChI=1S/C15H24F2N2/c1-11(2)8-18-9-13-5-6-14(7-12(13)3)19(4)10-15(16)17/h5-7,11,15,18H,8-10H2,1-4H3. The van der Waals surface area contributed by atoms with Crippen molar-refractivity contribution in [1.29, 1.82) is 0 Å². The number of anilines is 1. The van der Waals surface area contributed by atoms with Gasteiger partial charge in [-0.05, 0) is 42.6 Å². The summed E-state index contributed by atoms with van der Waals surface area (Å²) in [6.45, 7) is 7.93. The van der Waals surface area contributed by atoms with E-state index in [0.717, 1.165) is 24.3 Å². The maximum atomic E-state index is 12.3. The number of hydrogen-bond acceptors (Lipinski definition) is 2. The fourth-order valence-electron chi connectivity index (χ4n) is 1.92. The molecule has 1 aromatic carbocycles. The van der Waals surface area contributed by atoms with E-state index in [2.05, 4.69) is 19.2 Å². The van der Waals surface area contributed by atoms with Gasteiger partial charge in [-0.25, -0.2) is 8.78 Å². The molecule has 19 heavy (non-hydrogen) atoms. The number of alkyl halides is 2. The van der Waals surface area contributed by atoms with Gasteiger partial charge in [0.2, 0.25) is 0 Å². The lowest BCUT2D eigenvalue weighted by Gasteiger charge is -2.20. The van der Waals surface area contributed by atoms with Crippen molar-refractivity contribution < 1.29 is 8.78 Å². The summed E-state index contributed by atoms with van der Waals surface area (Å²) < 4.78 is 24.7. The predicted molar refractivity (Wildman–Crippen MR) is 77.0 cm³/mol. The van der Waals surface area contributed by atoms with Crippen LogP contribution in [0.2, 0.25) is 0 Å². The molecular formula is C15H24F2N2. The molecule has 4 heteroatoms. The second-order valence-electron chi connectivity index (χ2n) is 5.41. The van der Waals surface area contributed by atoms with Crippen LogP contribution >= 0.6 is 0 Å². The van der Waals surface area contributed by atoms with Crippen molar-refractivity contribution in [3.63, 3.8) is 0 Å². The summed E-state index contributed by atoms with van der Waals surface area (Å²) in [6.07, 6.45) is -2.31. The second kappa shape index (κ2) is 7.43. The maximum Gasteiger partial charge on any atom is 0.255 e. The zero-order chi connectivity index (χ0) is 14.4. The number of aryl methyl sites for hydroxylation is 1. The van der Waals surface area contributed by atoms with E-state index in [0.29, 0.717) is 5.92 Å². The molecule has 1 aromatic rings. The maximum absolute atomic E-state index is 12.3. The van der Waals surface area contributed by atoms with Crippen LogP contribution in [0, 0.1) is 12.8 Å². The van der Waals surface area contributed by atoms with Crippen molar-refractivity contribution in [2.45, 2.75) is 33.7 Å². The zero-order valence-corrected chi connectivity index (χ0v) is 12.2. The average molecular weight is 270 g/mol. The van der Waals surface area contributed by atoms with E-state index in [9.17, 15) is 8.78 Å². The van der Waals surface area contributed by atoms with Gasteiger partial charge in [0.05, 0.1) is 6.54 Å². The minimum Gasteiger partial charge on any atom is -0.369 e. The molecule has 0 aliphatic carbocycles. The Kier molecular flexibility index (Phi) is 6.22. The number of benzene rings is 1. The van der Waals surface area contributed by atoms with E-state index in [1.165, 1.54) is 5.56 Å². The third kappa shape index (κ3) is 5.55. The van der Waals surface area contributed by atoms with Gasteiger partial charge in [0.25, 0.3) is 6.43 Å². The van der Waals surface area contributed by atoms with Gasteiger partial charge in [0.1, 0.15) is 0 Å². The third-order valence-electron chi connectivity index (χ3n) is 3.05. The van der Waals surface area contributed by atoms with Crippen LogP contribution < -0.4 is 10.2 Å². The molecule has 0 saturated heterocycles. The van der Waals surface area contributed by atoms with Crippen LogP contribution in [0.1, 0.15) is 25.0 Å². The molecule has 0 fully saturated rings. The van der Waals surface area contributed by atoms with Crippen molar-refractivity contribution in [1.82, 2.24) is 5.32 Å². The van der Waals surface area contributed by atoms with Crippen molar-refractivity contribution in [3.8, 4) is 0 Å². The minimum absolute atomic E-state index is 0.232. The van der Waals surface area contributed by atoms with Crippen molar-refractivity contribution >= 4 is 5.69 Å². The summed E-state index contributed by atoms with van der Waals surface area (Å²) in [5, 5.41) is 3.39. The molecule has 0 bridgehead atoms. The van der Waals surface area contributed by atoms with Crippen molar-refractivity contribution in [3.05, 3.63) is 29.3 Å². The smallest absolute Gasteiger partial charge is 0.255 e. The second-order valence-corrected chi connectivity index (χ2v) is 5.41. The number of nitrogens with one attached hydrogen (secondary N) is 1. The number of halogens is 2. The molecule has 0 radical (unpaired) electrons. The van der Waals surface area contributed by atoms with Gasteiger partial charge in [-0.2, -0.15) is 0 Å². The Morgan fingerprint density at radius 2 is 1.95 bits per heavy atom. The van der Waals surface area contributed by atoms with Crippen LogP contribution in [-0.2, 0) is 6.54 Å². The molecule has 2 nitrogen and oxygen atoms in total. The molecule has 0 aliphatic rings. The lowest BCUT2D eigenvalue weighted by Crippen LogP contribution is -2.24. The van der Waals surface area contributed by atoms with Gasteiger partial charge in [-0.1, -0.05) is 19.9 Å². The fraction of sp³-hybridized carbons (Fsp3) is 0.600. The Bertz CT molecular complexity index is 392. The lowest BCUT2D eigenvalue weighted by atomic mass is 10.1. The van der Waals surface area contributed by atoms with Crippen molar-refractivity contribution in [2.24, 2.45) is 5.92 Å². The minimum atomic E-state index is -2.31. The van der Waals surface area contributed by atoms with E-state index in [-0.39, 0.29) is 6.54 Å². The summed E-state index contributed by atoms with van der Waals surface area (Å²) in [4.78, 5) is 1.59. The molecule has 0 unspecified atom stereocenters. The van der Waals surface area contributed by atoms with Gasteiger partial charge in [0.15, 0.2) is 0 Å². The first-order chi connectivity index (χ1) is 8.90. The molecule has 0 heterocycles. The quantitative estimate of drug-likeness (QED) is 0.816. The summed E-state index contributed by atoms with van der Waals surface area (Å²) in [5.41, 5.74) is 3.19. The summed E-state index contributed by atoms with van der Waals surface area (Å²) in [7, 11) is 1.69. The first kappa shape index (κ1) is 15.9. The molecule has 0 atom stereocenters. The summed E-state index contributed by atoms with van der Waals surface area (Å²) in [6, 6.07) is 5.89. The monoisotopic (exact) mass is 270 g/mol. The fourth-order valence-corrected chi connectivity index (χ4v) is 1.92. The molecule has 0 spiro atoms. The normalized spacial score (nSPS) is 11.4. The third-order valence-corrected chi connectivity index (χ3v) is 3.05. The average Bonchev–Trinajstić information content (AvgIpc) is 2.29. The van der Waals surface area contributed by atoms with E-state index < -0.39 is 6.43 Å².